The van der Waals surface area contributed by atoms with Crippen molar-refractivity contribution in [1.82, 2.24) is 9.88 Å². The number of aryl methyl sites for hydroxylation is 2. The molecule has 1 N–H and O–H groups in total. The number of carbonyl (C=O) groups excluding carboxylic acids is 1. The number of rotatable bonds is 1. The van der Waals surface area contributed by atoms with Crippen LogP contribution < -0.4 is 5.43 Å². The zero-order valence-corrected chi connectivity index (χ0v) is 13.5. The van der Waals surface area contributed by atoms with Crippen LogP contribution in [0.3, 0.4) is 0 Å². The first kappa shape index (κ1) is 15.0. The number of H-pyrrole nitrogens is 1. The minimum atomic E-state index is -0.847. The molecule has 1 fully saturated rings. The number of hydrogen-bond acceptors (Lipinski definition) is 3. The van der Waals surface area contributed by atoms with Crippen molar-refractivity contribution in [2.45, 2.75) is 13.8 Å². The molecule has 116 valence electrons. The zero-order valence-electron chi connectivity index (χ0n) is 12.6. The van der Waals surface area contributed by atoms with E-state index < -0.39 is 10.8 Å². The maximum absolute atomic E-state index is 12.7. The predicted molar refractivity (Wildman–Crippen MR) is 87.8 cm³/mol. The van der Waals surface area contributed by atoms with Crippen LogP contribution in [0.2, 0.25) is 0 Å². The Morgan fingerprint density at radius 3 is 2.59 bits per heavy atom. The second-order valence-electron chi connectivity index (χ2n) is 5.68. The number of benzene rings is 1. The summed E-state index contributed by atoms with van der Waals surface area (Å²) in [5.41, 5.74) is 2.67. The maximum atomic E-state index is 12.7. The van der Waals surface area contributed by atoms with E-state index in [2.05, 4.69) is 4.98 Å². The fourth-order valence-corrected chi connectivity index (χ4v) is 3.92. The van der Waals surface area contributed by atoms with Crippen LogP contribution in [0.1, 0.15) is 21.5 Å². The second-order valence-corrected chi connectivity index (χ2v) is 7.37. The summed E-state index contributed by atoms with van der Waals surface area (Å²) in [4.78, 5) is 29.9. The molecule has 1 saturated heterocycles. The molecule has 1 aliphatic rings. The highest BCUT2D eigenvalue weighted by molar-refractivity contribution is 7.85. The molecule has 0 spiro atoms. The van der Waals surface area contributed by atoms with E-state index in [9.17, 15) is 13.8 Å². The molecule has 1 aromatic carbocycles. The van der Waals surface area contributed by atoms with E-state index in [1.165, 1.54) is 6.20 Å². The Balaban J connectivity index is 2.05. The van der Waals surface area contributed by atoms with Crippen LogP contribution in [0.25, 0.3) is 10.9 Å². The molecule has 0 radical (unpaired) electrons. The number of pyridine rings is 1. The van der Waals surface area contributed by atoms with Crippen molar-refractivity contribution >= 4 is 27.6 Å². The van der Waals surface area contributed by atoms with Crippen LogP contribution in [0, 0.1) is 13.8 Å². The Morgan fingerprint density at radius 1 is 1.23 bits per heavy atom. The van der Waals surface area contributed by atoms with Gasteiger partial charge in [-0.1, -0.05) is 6.07 Å². The van der Waals surface area contributed by atoms with E-state index in [0.717, 1.165) is 16.6 Å². The van der Waals surface area contributed by atoms with E-state index >= 15 is 0 Å². The molecule has 1 amide bonds. The Labute approximate surface area is 130 Å². The lowest BCUT2D eigenvalue weighted by Gasteiger charge is -2.26. The van der Waals surface area contributed by atoms with Crippen LogP contribution >= 0.6 is 0 Å². The summed E-state index contributed by atoms with van der Waals surface area (Å²) in [6.45, 7) is 4.75. The SMILES string of the molecule is Cc1cc(C)c2[nH]cc(C(=O)N3CCS(=O)CC3)c(=O)c2c1. The molecule has 1 aliphatic heterocycles. The normalized spacial score (nSPS) is 16.2. The number of amides is 1. The summed E-state index contributed by atoms with van der Waals surface area (Å²) in [5.74, 6) is 0.684. The van der Waals surface area contributed by atoms with Crippen molar-refractivity contribution in [2.24, 2.45) is 0 Å². The van der Waals surface area contributed by atoms with Crippen molar-refractivity contribution in [2.75, 3.05) is 24.6 Å². The molecule has 2 aromatic rings. The third-order valence-electron chi connectivity index (χ3n) is 4.03. The number of nitrogens with zero attached hydrogens (tertiary/aromatic N) is 1. The molecular formula is C16H18N2O3S. The highest BCUT2D eigenvalue weighted by atomic mass is 32.2. The Hall–Kier alpha value is -1.95. The molecule has 2 heterocycles. The number of fused-ring (bicyclic) bond motifs is 1. The first-order chi connectivity index (χ1) is 10.5. The third kappa shape index (κ3) is 2.59. The van der Waals surface area contributed by atoms with E-state index in [-0.39, 0.29) is 16.9 Å². The molecule has 0 unspecified atom stereocenters. The smallest absolute Gasteiger partial charge is 0.259 e. The first-order valence-electron chi connectivity index (χ1n) is 7.24. The third-order valence-corrected chi connectivity index (χ3v) is 5.30. The fraction of sp³-hybridized carbons (Fsp3) is 0.375. The maximum Gasteiger partial charge on any atom is 0.259 e. The molecule has 6 heteroatoms. The minimum Gasteiger partial charge on any atom is -0.360 e. The van der Waals surface area contributed by atoms with E-state index in [1.807, 2.05) is 26.0 Å². The van der Waals surface area contributed by atoms with E-state index in [0.29, 0.717) is 30.0 Å². The molecule has 0 saturated carbocycles. The molecule has 3 rings (SSSR count). The minimum absolute atomic E-state index is 0.158. The van der Waals surface area contributed by atoms with E-state index in [4.69, 9.17) is 0 Å². The number of nitrogens with one attached hydrogen (secondary N) is 1. The van der Waals surface area contributed by atoms with Crippen molar-refractivity contribution in [3.8, 4) is 0 Å². The van der Waals surface area contributed by atoms with Crippen molar-refractivity contribution in [3.05, 3.63) is 45.2 Å². The lowest BCUT2D eigenvalue weighted by Crippen LogP contribution is -2.43. The van der Waals surface area contributed by atoms with Gasteiger partial charge in [-0.15, -0.1) is 0 Å². The lowest BCUT2D eigenvalue weighted by molar-refractivity contribution is 0.0770. The van der Waals surface area contributed by atoms with Gasteiger partial charge in [0, 0.05) is 47.0 Å². The lowest BCUT2D eigenvalue weighted by atomic mass is 10.0. The Kier molecular flexibility index (Phi) is 3.87. The predicted octanol–water partition coefficient (Wildman–Crippen LogP) is 1.35. The van der Waals surface area contributed by atoms with Crippen molar-refractivity contribution in [1.29, 1.82) is 0 Å². The Bertz CT molecular complexity index is 831. The highest BCUT2D eigenvalue weighted by Gasteiger charge is 2.24. The van der Waals surface area contributed by atoms with Crippen molar-refractivity contribution < 1.29 is 9.00 Å². The summed E-state index contributed by atoms with van der Waals surface area (Å²) < 4.78 is 11.4. The fourth-order valence-electron chi connectivity index (χ4n) is 2.86. The van der Waals surface area contributed by atoms with Crippen molar-refractivity contribution in [3.63, 3.8) is 0 Å². The molecular weight excluding hydrogens is 300 g/mol. The molecule has 1 aromatic heterocycles. The van der Waals surface area contributed by atoms with Gasteiger partial charge in [-0.25, -0.2) is 0 Å². The number of hydrogen-bond donors (Lipinski definition) is 1. The van der Waals surface area contributed by atoms with Gasteiger partial charge in [-0.3, -0.25) is 13.8 Å². The monoisotopic (exact) mass is 318 g/mol. The van der Waals surface area contributed by atoms with E-state index in [1.54, 1.807) is 4.90 Å². The average Bonchev–Trinajstić information content (AvgIpc) is 2.48. The topological polar surface area (TPSA) is 70.2 Å². The second kappa shape index (κ2) is 5.68. The summed E-state index contributed by atoms with van der Waals surface area (Å²) in [6.07, 6.45) is 1.50. The van der Waals surface area contributed by atoms with Crippen LogP contribution in [0.4, 0.5) is 0 Å². The molecule has 5 nitrogen and oxygen atoms in total. The van der Waals surface area contributed by atoms with Gasteiger partial charge in [-0.2, -0.15) is 0 Å². The first-order valence-corrected chi connectivity index (χ1v) is 8.73. The molecule has 22 heavy (non-hydrogen) atoms. The van der Waals surface area contributed by atoms with Gasteiger partial charge in [0.2, 0.25) is 5.43 Å². The summed E-state index contributed by atoms with van der Waals surface area (Å²) in [6, 6.07) is 3.81. The summed E-state index contributed by atoms with van der Waals surface area (Å²) in [5, 5.41) is 0.545. The average molecular weight is 318 g/mol. The standard InChI is InChI=1S/C16H18N2O3S/c1-10-7-11(2)14-12(8-10)15(19)13(9-17-14)16(20)18-3-5-22(21)6-4-18/h7-9H,3-6H2,1-2H3,(H,17,19). The number of aromatic amines is 1. The summed E-state index contributed by atoms with van der Waals surface area (Å²) in [7, 11) is -0.847. The molecule has 0 bridgehead atoms. The van der Waals surface area contributed by atoms with Gasteiger partial charge >= 0.3 is 0 Å². The van der Waals surface area contributed by atoms with Gasteiger partial charge in [0.1, 0.15) is 5.56 Å². The largest absolute Gasteiger partial charge is 0.360 e. The van der Waals surface area contributed by atoms with Crippen LogP contribution in [-0.2, 0) is 10.8 Å². The quantitative estimate of drug-likeness (QED) is 0.863. The molecule has 0 aliphatic carbocycles. The van der Waals surface area contributed by atoms with Crippen LogP contribution in [0.15, 0.2) is 23.1 Å². The highest BCUT2D eigenvalue weighted by Crippen LogP contribution is 2.16. The van der Waals surface area contributed by atoms with Crippen LogP contribution in [-0.4, -0.2) is 44.6 Å². The van der Waals surface area contributed by atoms with Gasteiger partial charge in [0.25, 0.3) is 5.91 Å². The van der Waals surface area contributed by atoms with Gasteiger partial charge in [-0.05, 0) is 31.0 Å². The summed E-state index contributed by atoms with van der Waals surface area (Å²) >= 11 is 0. The number of aromatic nitrogens is 1. The van der Waals surface area contributed by atoms with Gasteiger partial charge in [0.15, 0.2) is 0 Å². The molecule has 0 atom stereocenters. The Morgan fingerprint density at radius 2 is 1.91 bits per heavy atom. The number of carbonyl (C=O) groups is 1. The van der Waals surface area contributed by atoms with Crippen LogP contribution in [0.5, 0.6) is 0 Å². The van der Waals surface area contributed by atoms with Gasteiger partial charge < -0.3 is 9.88 Å². The zero-order chi connectivity index (χ0) is 15.9. The van der Waals surface area contributed by atoms with Gasteiger partial charge in [0.05, 0.1) is 5.52 Å².